The first-order valence-corrected chi connectivity index (χ1v) is 6.27. The Kier molecular flexibility index (Phi) is 3.83. The minimum atomic E-state index is 0.0609. The molecule has 1 unspecified atom stereocenters. The zero-order valence-electron chi connectivity index (χ0n) is 8.93. The van der Waals surface area contributed by atoms with Crippen molar-refractivity contribution in [3.63, 3.8) is 0 Å². The molecule has 0 spiro atoms. The number of hydrogen-bond acceptors (Lipinski definition) is 2. The predicted octanol–water partition coefficient (Wildman–Crippen LogP) is 2.06. The van der Waals surface area contributed by atoms with Gasteiger partial charge in [-0.25, -0.2) is 0 Å². The highest BCUT2D eigenvalue weighted by Crippen LogP contribution is 2.16. The van der Waals surface area contributed by atoms with Crippen molar-refractivity contribution in [3.05, 3.63) is 30.3 Å². The van der Waals surface area contributed by atoms with Gasteiger partial charge in [-0.3, -0.25) is 4.79 Å². The van der Waals surface area contributed by atoms with Gasteiger partial charge in [-0.05, 0) is 18.6 Å². The van der Waals surface area contributed by atoms with Crippen LogP contribution in [0.3, 0.4) is 0 Å². The molecule has 1 amide bonds. The lowest BCUT2D eigenvalue weighted by atomic mass is 10.3. The Morgan fingerprint density at radius 1 is 1.44 bits per heavy atom. The molecular weight excluding hydrogens is 270 g/mol. The number of alkyl halides is 1. The second-order valence-electron chi connectivity index (χ2n) is 3.83. The molecule has 2 rings (SSSR count). The maximum absolute atomic E-state index is 11.7. The zero-order chi connectivity index (χ0) is 11.4. The Hall–Kier alpha value is -1.03. The highest BCUT2D eigenvalue weighted by atomic mass is 79.9. The molecule has 1 atom stereocenters. The summed E-state index contributed by atoms with van der Waals surface area (Å²) in [5, 5.41) is 0. The Morgan fingerprint density at radius 3 is 2.81 bits per heavy atom. The fourth-order valence-electron chi connectivity index (χ4n) is 1.70. The number of halogens is 1. The molecule has 1 aromatic rings. The number of ether oxygens (including phenoxy) is 1. The average Bonchev–Trinajstić information content (AvgIpc) is 2.74. The molecule has 0 radical (unpaired) electrons. The molecule has 16 heavy (non-hydrogen) atoms. The minimum absolute atomic E-state index is 0.0609. The van der Waals surface area contributed by atoms with Crippen molar-refractivity contribution in [1.29, 1.82) is 0 Å². The normalized spacial score (nSPS) is 19.8. The van der Waals surface area contributed by atoms with Crippen molar-refractivity contribution in [2.24, 2.45) is 0 Å². The van der Waals surface area contributed by atoms with E-state index in [1.165, 1.54) is 0 Å². The van der Waals surface area contributed by atoms with Gasteiger partial charge in [-0.1, -0.05) is 34.1 Å². The van der Waals surface area contributed by atoms with Crippen LogP contribution in [0.4, 0.5) is 0 Å². The van der Waals surface area contributed by atoms with E-state index in [1.54, 1.807) is 0 Å². The first-order valence-electron chi connectivity index (χ1n) is 5.35. The summed E-state index contributed by atoms with van der Waals surface area (Å²) in [6.07, 6.45) is 1.02. The number of rotatable bonds is 3. The minimum Gasteiger partial charge on any atom is -0.484 e. The van der Waals surface area contributed by atoms with Crippen molar-refractivity contribution in [1.82, 2.24) is 4.90 Å². The largest absolute Gasteiger partial charge is 0.484 e. The van der Waals surface area contributed by atoms with Crippen LogP contribution in [0.5, 0.6) is 5.75 Å². The fraction of sp³-hybridized carbons (Fsp3) is 0.417. The van der Waals surface area contributed by atoms with Crippen LogP contribution in [-0.4, -0.2) is 35.3 Å². The highest BCUT2D eigenvalue weighted by molar-refractivity contribution is 9.09. The van der Waals surface area contributed by atoms with Crippen LogP contribution in [-0.2, 0) is 4.79 Å². The van der Waals surface area contributed by atoms with E-state index in [1.807, 2.05) is 35.2 Å². The number of benzene rings is 1. The van der Waals surface area contributed by atoms with Crippen LogP contribution >= 0.6 is 15.9 Å². The molecular formula is C12H14BrNO2. The van der Waals surface area contributed by atoms with E-state index in [-0.39, 0.29) is 12.5 Å². The smallest absolute Gasteiger partial charge is 0.260 e. The highest BCUT2D eigenvalue weighted by Gasteiger charge is 2.24. The summed E-state index contributed by atoms with van der Waals surface area (Å²) < 4.78 is 5.41. The van der Waals surface area contributed by atoms with Gasteiger partial charge in [0, 0.05) is 17.9 Å². The second kappa shape index (κ2) is 5.34. The molecule has 1 saturated heterocycles. The first kappa shape index (κ1) is 11.5. The average molecular weight is 284 g/mol. The number of carbonyl (C=O) groups is 1. The van der Waals surface area contributed by atoms with Gasteiger partial charge in [-0.15, -0.1) is 0 Å². The van der Waals surface area contributed by atoms with Gasteiger partial charge in [0.2, 0.25) is 0 Å². The summed E-state index contributed by atoms with van der Waals surface area (Å²) in [7, 11) is 0. The van der Waals surface area contributed by atoms with Crippen LogP contribution < -0.4 is 4.74 Å². The fourth-order valence-corrected chi connectivity index (χ4v) is 2.25. The first-order chi connectivity index (χ1) is 7.75. The topological polar surface area (TPSA) is 29.5 Å². The maximum atomic E-state index is 11.7. The molecule has 1 heterocycles. The van der Waals surface area contributed by atoms with Gasteiger partial charge < -0.3 is 9.64 Å². The third kappa shape index (κ3) is 2.98. The van der Waals surface area contributed by atoms with Crippen molar-refractivity contribution in [2.75, 3.05) is 19.7 Å². The van der Waals surface area contributed by atoms with E-state index < -0.39 is 0 Å². The molecule has 0 aromatic heterocycles. The molecule has 0 bridgehead atoms. The van der Waals surface area contributed by atoms with Crippen molar-refractivity contribution in [2.45, 2.75) is 11.2 Å². The van der Waals surface area contributed by atoms with Crippen LogP contribution in [0.2, 0.25) is 0 Å². The molecule has 4 heteroatoms. The van der Waals surface area contributed by atoms with Gasteiger partial charge in [0.05, 0.1) is 0 Å². The monoisotopic (exact) mass is 283 g/mol. The Morgan fingerprint density at radius 2 is 2.19 bits per heavy atom. The van der Waals surface area contributed by atoms with Crippen molar-refractivity contribution < 1.29 is 9.53 Å². The van der Waals surface area contributed by atoms with Gasteiger partial charge in [0.15, 0.2) is 6.61 Å². The predicted molar refractivity (Wildman–Crippen MR) is 65.8 cm³/mol. The molecule has 1 aliphatic rings. The number of para-hydroxylation sites is 1. The van der Waals surface area contributed by atoms with Gasteiger partial charge in [0.25, 0.3) is 5.91 Å². The maximum Gasteiger partial charge on any atom is 0.260 e. The van der Waals surface area contributed by atoms with E-state index in [0.717, 1.165) is 25.3 Å². The van der Waals surface area contributed by atoms with Crippen LogP contribution in [0.25, 0.3) is 0 Å². The Bertz CT molecular complexity index is 355. The summed E-state index contributed by atoms with van der Waals surface area (Å²) in [6, 6.07) is 9.41. The Labute approximate surface area is 104 Å². The van der Waals surface area contributed by atoms with E-state index in [9.17, 15) is 4.79 Å². The van der Waals surface area contributed by atoms with Gasteiger partial charge >= 0.3 is 0 Å². The number of amides is 1. The number of nitrogens with zero attached hydrogens (tertiary/aromatic N) is 1. The zero-order valence-corrected chi connectivity index (χ0v) is 10.5. The summed E-state index contributed by atoms with van der Waals surface area (Å²) in [5.74, 6) is 0.802. The summed E-state index contributed by atoms with van der Waals surface area (Å²) in [6.45, 7) is 1.74. The van der Waals surface area contributed by atoms with E-state index in [2.05, 4.69) is 15.9 Å². The van der Waals surface area contributed by atoms with Gasteiger partial charge in [0.1, 0.15) is 5.75 Å². The van der Waals surface area contributed by atoms with Crippen molar-refractivity contribution >= 4 is 21.8 Å². The number of likely N-dealkylation sites (tertiary alicyclic amines) is 1. The Balaban J connectivity index is 1.80. The standard InChI is InChI=1S/C12H14BrNO2/c13-10-6-7-14(8-10)12(15)9-16-11-4-2-1-3-5-11/h1-5,10H,6-9H2. The number of carbonyl (C=O) groups excluding carboxylic acids is 1. The summed E-state index contributed by atoms with van der Waals surface area (Å²) in [5.41, 5.74) is 0. The lowest BCUT2D eigenvalue weighted by Crippen LogP contribution is -2.33. The lowest BCUT2D eigenvalue weighted by molar-refractivity contribution is -0.132. The van der Waals surface area contributed by atoms with E-state index in [0.29, 0.717) is 4.83 Å². The van der Waals surface area contributed by atoms with E-state index >= 15 is 0 Å². The molecule has 1 fully saturated rings. The van der Waals surface area contributed by atoms with Crippen LogP contribution in [0, 0.1) is 0 Å². The SMILES string of the molecule is O=C(COc1ccccc1)N1CCC(Br)C1. The van der Waals surface area contributed by atoms with Crippen molar-refractivity contribution in [3.8, 4) is 5.75 Å². The van der Waals surface area contributed by atoms with Gasteiger partial charge in [-0.2, -0.15) is 0 Å². The molecule has 86 valence electrons. The lowest BCUT2D eigenvalue weighted by Gasteiger charge is -2.15. The molecule has 1 aromatic carbocycles. The van der Waals surface area contributed by atoms with Crippen LogP contribution in [0.15, 0.2) is 30.3 Å². The van der Waals surface area contributed by atoms with E-state index in [4.69, 9.17) is 4.74 Å². The molecule has 0 saturated carbocycles. The molecule has 3 nitrogen and oxygen atoms in total. The third-order valence-electron chi connectivity index (χ3n) is 2.59. The van der Waals surface area contributed by atoms with Crippen LogP contribution in [0.1, 0.15) is 6.42 Å². The quantitative estimate of drug-likeness (QED) is 0.795. The number of hydrogen-bond donors (Lipinski definition) is 0. The molecule has 0 aliphatic carbocycles. The summed E-state index contributed by atoms with van der Waals surface area (Å²) >= 11 is 3.51. The summed E-state index contributed by atoms with van der Waals surface area (Å²) in [4.78, 5) is 14.0. The molecule has 0 N–H and O–H groups in total. The second-order valence-corrected chi connectivity index (χ2v) is 5.12. The third-order valence-corrected chi connectivity index (χ3v) is 3.34. The molecule has 1 aliphatic heterocycles.